The summed E-state index contributed by atoms with van der Waals surface area (Å²) < 4.78 is 3.30. The number of carboxylic acids is 1. The maximum atomic E-state index is 12.9. The molecule has 5 heterocycles. The molecule has 4 fully saturated rings. The molecule has 0 radical (unpaired) electrons. The van der Waals surface area contributed by atoms with E-state index in [-0.39, 0.29) is 11.1 Å². The molecule has 4 bridgehead atoms. The number of aromatic carboxylic acids is 1. The van der Waals surface area contributed by atoms with Gasteiger partial charge in [-0.1, -0.05) is 37.3 Å². The molecule has 0 amide bonds. The zero-order valence-corrected chi connectivity index (χ0v) is 33.9. The quantitative estimate of drug-likeness (QED) is 0.124. The monoisotopic (exact) mass is 760 g/mol. The number of thiazole rings is 1. The van der Waals surface area contributed by atoms with Gasteiger partial charge in [-0.05, 0) is 124 Å². The molecule has 1 aromatic carbocycles. The van der Waals surface area contributed by atoms with Crippen molar-refractivity contribution in [2.24, 2.45) is 21.7 Å². The summed E-state index contributed by atoms with van der Waals surface area (Å²) in [5, 5.41) is 29.0. The third-order valence-electron chi connectivity index (χ3n) is 13.3. The smallest absolute Gasteiger partial charge is 0.355 e. The van der Waals surface area contributed by atoms with E-state index in [0.29, 0.717) is 40.0 Å². The SMILES string of the molecule is Cc1c(Nc2nc3ccccc3s2)nnc2c1CCCN2c1ccc(-c2cnn(CC34CC5(C)CC(C)(CC(CCC[NH+](C)C)(C5)C3)C4)c2C)c(C(=O)O)n1. The van der Waals surface area contributed by atoms with Crippen LogP contribution in [0.4, 0.5) is 22.6 Å². The lowest BCUT2D eigenvalue weighted by atomic mass is 9.35. The molecule has 2 atom stereocenters. The van der Waals surface area contributed by atoms with Crippen LogP contribution >= 0.6 is 11.3 Å². The van der Waals surface area contributed by atoms with Crippen molar-refractivity contribution in [2.45, 2.75) is 98.4 Å². The first-order valence-electron chi connectivity index (χ1n) is 20.1. The van der Waals surface area contributed by atoms with Crippen molar-refractivity contribution in [3.05, 3.63) is 65.1 Å². The highest BCUT2D eigenvalue weighted by molar-refractivity contribution is 7.22. The summed E-state index contributed by atoms with van der Waals surface area (Å²) in [7, 11) is 4.53. The number of rotatable bonds is 11. The van der Waals surface area contributed by atoms with Gasteiger partial charge in [0.05, 0.1) is 37.1 Å². The highest BCUT2D eigenvalue weighted by Gasteiger charge is 2.65. The van der Waals surface area contributed by atoms with E-state index in [4.69, 9.17) is 15.1 Å². The zero-order valence-electron chi connectivity index (χ0n) is 33.1. The summed E-state index contributed by atoms with van der Waals surface area (Å²) in [5.41, 5.74) is 6.88. The molecule has 10 rings (SSSR count). The van der Waals surface area contributed by atoms with Crippen LogP contribution in [0, 0.1) is 35.5 Å². The van der Waals surface area contributed by atoms with Gasteiger partial charge in [-0.3, -0.25) is 4.68 Å². The second kappa shape index (κ2) is 13.1. The Kier molecular flexibility index (Phi) is 8.62. The van der Waals surface area contributed by atoms with Crippen molar-refractivity contribution >= 4 is 50.1 Å². The summed E-state index contributed by atoms with van der Waals surface area (Å²) in [5.74, 6) is 0.906. The number of benzene rings is 1. The van der Waals surface area contributed by atoms with Gasteiger partial charge in [-0.15, -0.1) is 10.2 Å². The third kappa shape index (κ3) is 6.48. The average molecular weight is 761 g/mol. The molecule has 55 heavy (non-hydrogen) atoms. The van der Waals surface area contributed by atoms with Gasteiger partial charge in [0, 0.05) is 41.0 Å². The summed E-state index contributed by atoms with van der Waals surface area (Å²) >= 11 is 1.59. The summed E-state index contributed by atoms with van der Waals surface area (Å²) in [4.78, 5) is 26.0. The number of pyridine rings is 1. The number of hydrogen-bond donors (Lipinski definition) is 3. The van der Waals surface area contributed by atoms with Gasteiger partial charge in [0.1, 0.15) is 5.82 Å². The van der Waals surface area contributed by atoms with E-state index in [1.165, 1.54) is 62.8 Å². The molecule has 0 spiro atoms. The van der Waals surface area contributed by atoms with Gasteiger partial charge in [0.2, 0.25) is 0 Å². The van der Waals surface area contributed by atoms with E-state index in [2.05, 4.69) is 68.1 Å². The van der Waals surface area contributed by atoms with E-state index >= 15 is 0 Å². The summed E-state index contributed by atoms with van der Waals surface area (Å²) in [6.07, 6.45) is 14.0. The fraction of sp³-hybridized carbons (Fsp3) is 0.535. The number of nitrogens with one attached hydrogen (secondary N) is 2. The minimum atomic E-state index is -1.05. The van der Waals surface area contributed by atoms with Gasteiger partial charge in [-0.25, -0.2) is 14.8 Å². The number of hydrogen-bond acceptors (Lipinski definition) is 9. The van der Waals surface area contributed by atoms with Gasteiger partial charge in [0.25, 0.3) is 0 Å². The number of para-hydroxylation sites is 1. The van der Waals surface area contributed by atoms with Crippen molar-refractivity contribution in [1.29, 1.82) is 0 Å². The molecule has 0 saturated heterocycles. The van der Waals surface area contributed by atoms with Crippen molar-refractivity contribution < 1.29 is 14.8 Å². The third-order valence-corrected chi connectivity index (χ3v) is 14.3. The average Bonchev–Trinajstić information content (AvgIpc) is 3.69. The Morgan fingerprint density at radius 1 is 0.945 bits per heavy atom. The number of aromatic nitrogens is 6. The minimum absolute atomic E-state index is 0.0304. The Hall–Kier alpha value is -4.42. The number of nitrogens with zero attached hydrogens (tertiary/aromatic N) is 7. The Labute approximate surface area is 327 Å². The number of carboxylic acid groups (broad SMARTS) is 1. The van der Waals surface area contributed by atoms with E-state index in [9.17, 15) is 9.90 Å². The van der Waals surface area contributed by atoms with Crippen LogP contribution in [0.15, 0.2) is 42.6 Å². The number of fused-ring (bicyclic) bond motifs is 2. The second-order valence-electron chi connectivity index (χ2n) is 18.8. The largest absolute Gasteiger partial charge is 0.476 e. The molecule has 3 N–H and O–H groups in total. The number of anilines is 4. The molecule has 1 aliphatic heterocycles. The molecule has 4 saturated carbocycles. The minimum Gasteiger partial charge on any atom is -0.476 e. The van der Waals surface area contributed by atoms with Crippen LogP contribution in [0.3, 0.4) is 0 Å². The lowest BCUT2D eigenvalue weighted by Gasteiger charge is -2.70. The van der Waals surface area contributed by atoms with Crippen LogP contribution in [0.2, 0.25) is 0 Å². The molecule has 2 unspecified atom stereocenters. The lowest BCUT2D eigenvalue weighted by Crippen LogP contribution is -3.05. The van der Waals surface area contributed by atoms with Crippen LogP contribution < -0.4 is 15.1 Å². The second-order valence-corrected chi connectivity index (χ2v) is 19.8. The number of quaternary nitrogens is 1. The summed E-state index contributed by atoms with van der Waals surface area (Å²) in [6, 6.07) is 11.9. The fourth-order valence-corrected chi connectivity index (χ4v) is 13.4. The summed E-state index contributed by atoms with van der Waals surface area (Å²) in [6.45, 7) is 12.1. The Morgan fingerprint density at radius 3 is 2.45 bits per heavy atom. The molecule has 4 aromatic heterocycles. The maximum absolute atomic E-state index is 12.9. The zero-order chi connectivity index (χ0) is 38.3. The fourth-order valence-electron chi connectivity index (χ4n) is 12.6. The standard InChI is InChI=1S/C43H53N9O2S/c1-27-29-11-9-18-51(37(29)49-48-36(27)47-39-45-32-12-7-8-13-33(32)55-39)34-15-14-30(35(46-34)38(53)54)31-19-44-52(28(31)2)26-43-23-40(3)20-41(4,24-43)22-42(21-40,25-43)16-10-17-50(5)6/h7-8,12-15,19H,9-11,16-18,20-26H2,1-6H3,(H,53,54)(H,45,47,48)/p+1. The van der Waals surface area contributed by atoms with E-state index in [1.54, 1.807) is 11.3 Å². The topological polar surface area (TPSA) is 126 Å². The van der Waals surface area contributed by atoms with Crippen LogP contribution in [-0.4, -0.2) is 68.2 Å². The Morgan fingerprint density at radius 2 is 1.71 bits per heavy atom. The normalized spacial score (nSPS) is 26.9. The first kappa shape index (κ1) is 36.2. The predicted octanol–water partition coefficient (Wildman–Crippen LogP) is 7.78. The molecule has 288 valence electrons. The maximum Gasteiger partial charge on any atom is 0.355 e. The first-order chi connectivity index (χ1) is 26.2. The molecule has 12 heteroatoms. The van der Waals surface area contributed by atoms with E-state index in [1.807, 2.05) is 41.4 Å². The van der Waals surface area contributed by atoms with E-state index < -0.39 is 5.97 Å². The van der Waals surface area contributed by atoms with Crippen LogP contribution in [-0.2, 0) is 13.0 Å². The van der Waals surface area contributed by atoms with Crippen molar-refractivity contribution in [3.8, 4) is 11.1 Å². The van der Waals surface area contributed by atoms with Crippen LogP contribution in [0.5, 0.6) is 0 Å². The molecule has 5 aromatic rings. The molecule has 11 nitrogen and oxygen atoms in total. The number of carbonyl (C=O) groups is 1. The van der Waals surface area contributed by atoms with Gasteiger partial charge in [-0.2, -0.15) is 5.10 Å². The van der Waals surface area contributed by atoms with Crippen molar-refractivity contribution in [1.82, 2.24) is 29.9 Å². The Balaban J connectivity index is 0.985. The van der Waals surface area contributed by atoms with E-state index in [0.717, 1.165) is 62.9 Å². The molecular weight excluding hydrogens is 707 g/mol. The van der Waals surface area contributed by atoms with Gasteiger partial charge >= 0.3 is 5.97 Å². The highest BCUT2D eigenvalue weighted by atomic mass is 32.1. The molecule has 4 aliphatic carbocycles. The van der Waals surface area contributed by atoms with Crippen molar-refractivity contribution in [3.63, 3.8) is 0 Å². The predicted molar refractivity (Wildman–Crippen MR) is 218 cm³/mol. The van der Waals surface area contributed by atoms with Gasteiger partial charge < -0.3 is 20.2 Å². The molecular formula is C43H54N9O2S+. The van der Waals surface area contributed by atoms with Gasteiger partial charge in [0.15, 0.2) is 22.5 Å². The molecule has 5 aliphatic rings. The van der Waals surface area contributed by atoms with Crippen molar-refractivity contribution in [2.75, 3.05) is 37.4 Å². The Bertz CT molecular complexity index is 2260. The highest BCUT2D eigenvalue weighted by Crippen LogP contribution is 2.75. The lowest BCUT2D eigenvalue weighted by molar-refractivity contribution is -0.858. The first-order valence-corrected chi connectivity index (χ1v) is 20.9. The van der Waals surface area contributed by atoms with Crippen LogP contribution in [0.25, 0.3) is 21.3 Å². The van der Waals surface area contributed by atoms with Crippen LogP contribution in [0.1, 0.15) is 98.9 Å².